The van der Waals surface area contributed by atoms with Crippen LogP contribution in [0.15, 0.2) is 36.4 Å². The molecular formula is C22H27N3O5. The molecule has 2 aliphatic heterocycles. The van der Waals surface area contributed by atoms with Crippen molar-refractivity contribution < 1.29 is 23.9 Å². The van der Waals surface area contributed by atoms with Gasteiger partial charge in [-0.05, 0) is 30.4 Å². The van der Waals surface area contributed by atoms with E-state index in [0.717, 1.165) is 16.9 Å². The predicted octanol–water partition coefficient (Wildman–Crippen LogP) is 1.96. The molecule has 0 bridgehead atoms. The van der Waals surface area contributed by atoms with Gasteiger partial charge in [0.2, 0.25) is 0 Å². The van der Waals surface area contributed by atoms with Crippen molar-refractivity contribution >= 4 is 29.4 Å². The molecular weight excluding hydrogens is 386 g/mol. The first-order chi connectivity index (χ1) is 14.4. The van der Waals surface area contributed by atoms with Gasteiger partial charge >= 0.3 is 12.0 Å². The zero-order valence-corrected chi connectivity index (χ0v) is 17.3. The van der Waals surface area contributed by atoms with Gasteiger partial charge in [-0.1, -0.05) is 50.3 Å². The van der Waals surface area contributed by atoms with Gasteiger partial charge in [-0.25, -0.2) is 4.79 Å². The van der Waals surface area contributed by atoms with E-state index < -0.39 is 36.6 Å². The van der Waals surface area contributed by atoms with Crippen molar-refractivity contribution in [2.45, 2.75) is 38.6 Å². The van der Waals surface area contributed by atoms with Crippen LogP contribution in [0.3, 0.4) is 0 Å². The quantitative estimate of drug-likeness (QED) is 0.545. The monoisotopic (exact) mass is 413 g/mol. The third-order valence-electron chi connectivity index (χ3n) is 5.80. The van der Waals surface area contributed by atoms with Gasteiger partial charge in [0.1, 0.15) is 12.1 Å². The second-order valence-corrected chi connectivity index (χ2v) is 7.46. The number of rotatable bonds is 7. The summed E-state index contributed by atoms with van der Waals surface area (Å²) in [4.78, 5) is 51.6. The number of carbonyl (C=O) groups excluding carboxylic acids is 4. The number of ether oxygens (including phenoxy) is 1. The molecule has 3 rings (SSSR count). The maximum absolute atomic E-state index is 12.5. The average molecular weight is 413 g/mol. The summed E-state index contributed by atoms with van der Waals surface area (Å²) in [6, 6.07) is 9.37. The molecule has 160 valence electrons. The van der Waals surface area contributed by atoms with E-state index in [1.165, 1.54) is 5.57 Å². The maximum Gasteiger partial charge on any atom is 0.326 e. The second-order valence-electron chi connectivity index (χ2n) is 7.46. The van der Waals surface area contributed by atoms with Gasteiger partial charge in [-0.2, -0.15) is 0 Å². The molecule has 1 fully saturated rings. The molecule has 0 spiro atoms. The topological polar surface area (TPSA) is 96.0 Å². The Morgan fingerprint density at radius 1 is 1.13 bits per heavy atom. The van der Waals surface area contributed by atoms with Gasteiger partial charge in [0.15, 0.2) is 6.61 Å². The Hall–Kier alpha value is -3.16. The van der Waals surface area contributed by atoms with E-state index in [1.807, 2.05) is 36.4 Å². The zero-order chi connectivity index (χ0) is 21.7. The molecule has 1 aromatic rings. The molecule has 8 nitrogen and oxygen atoms in total. The Labute approximate surface area is 175 Å². The summed E-state index contributed by atoms with van der Waals surface area (Å²) in [6.07, 6.45) is 3.60. The van der Waals surface area contributed by atoms with Crippen LogP contribution in [0.25, 0.3) is 5.57 Å². The number of benzene rings is 1. The normalized spacial score (nSPS) is 18.1. The minimum absolute atomic E-state index is 0.305. The van der Waals surface area contributed by atoms with E-state index in [9.17, 15) is 19.2 Å². The van der Waals surface area contributed by atoms with Gasteiger partial charge in [-0.3, -0.25) is 19.3 Å². The van der Waals surface area contributed by atoms with Crippen molar-refractivity contribution in [1.82, 2.24) is 15.1 Å². The second kappa shape index (κ2) is 9.11. The Morgan fingerprint density at radius 3 is 2.40 bits per heavy atom. The van der Waals surface area contributed by atoms with Crippen LogP contribution in [0, 0.1) is 0 Å². The largest absolute Gasteiger partial charge is 0.454 e. The molecule has 2 heterocycles. The van der Waals surface area contributed by atoms with Crippen molar-refractivity contribution in [2.75, 3.05) is 26.2 Å². The predicted molar refractivity (Wildman–Crippen MR) is 110 cm³/mol. The van der Waals surface area contributed by atoms with Crippen molar-refractivity contribution in [1.29, 1.82) is 0 Å². The van der Waals surface area contributed by atoms with Crippen LogP contribution < -0.4 is 5.32 Å². The molecule has 0 saturated carbocycles. The SMILES string of the molecule is CCC1(CC)NC(=O)N(CC(=O)OCC(=O)N2CC=C(c3ccccc3)CC2)C1=O. The molecule has 4 amide bonds. The minimum atomic E-state index is -0.968. The molecule has 0 unspecified atom stereocenters. The zero-order valence-electron chi connectivity index (χ0n) is 17.3. The van der Waals surface area contributed by atoms with Gasteiger partial charge in [0.05, 0.1) is 0 Å². The van der Waals surface area contributed by atoms with Crippen molar-refractivity contribution in [2.24, 2.45) is 0 Å². The number of nitrogens with one attached hydrogen (secondary N) is 1. The smallest absolute Gasteiger partial charge is 0.326 e. The molecule has 0 aromatic heterocycles. The lowest BCUT2D eigenvalue weighted by Crippen LogP contribution is -2.46. The highest BCUT2D eigenvalue weighted by Crippen LogP contribution is 2.25. The van der Waals surface area contributed by atoms with E-state index >= 15 is 0 Å². The molecule has 0 aliphatic carbocycles. The van der Waals surface area contributed by atoms with Crippen LogP contribution in [-0.2, 0) is 19.1 Å². The summed E-state index contributed by atoms with van der Waals surface area (Å²) >= 11 is 0. The highest BCUT2D eigenvalue weighted by atomic mass is 16.5. The third kappa shape index (κ3) is 4.37. The molecule has 1 saturated heterocycles. The standard InChI is InChI=1S/C22H27N3O5/c1-3-22(4-2)20(28)25(21(29)23-22)14-19(27)30-15-18(26)24-12-10-17(11-13-24)16-8-6-5-7-9-16/h5-10H,3-4,11-15H2,1-2H3,(H,23,29). The first-order valence-electron chi connectivity index (χ1n) is 10.2. The van der Waals surface area contributed by atoms with Crippen LogP contribution in [0.1, 0.15) is 38.7 Å². The fourth-order valence-corrected chi connectivity index (χ4v) is 3.77. The van der Waals surface area contributed by atoms with Crippen LogP contribution in [0.5, 0.6) is 0 Å². The number of amides is 4. The average Bonchev–Trinajstić information content (AvgIpc) is 3.02. The van der Waals surface area contributed by atoms with Crippen LogP contribution >= 0.6 is 0 Å². The molecule has 30 heavy (non-hydrogen) atoms. The maximum atomic E-state index is 12.5. The van der Waals surface area contributed by atoms with Gasteiger partial charge < -0.3 is 15.0 Å². The fraction of sp³-hybridized carbons (Fsp3) is 0.455. The summed E-state index contributed by atoms with van der Waals surface area (Å²) in [7, 11) is 0. The number of nitrogens with zero attached hydrogens (tertiary/aromatic N) is 2. The number of hydrogen-bond donors (Lipinski definition) is 1. The molecule has 1 aromatic carbocycles. The molecule has 1 N–H and O–H groups in total. The number of esters is 1. The molecule has 0 atom stereocenters. The lowest BCUT2D eigenvalue weighted by Gasteiger charge is -2.26. The first-order valence-corrected chi connectivity index (χ1v) is 10.2. The molecule has 8 heteroatoms. The summed E-state index contributed by atoms with van der Waals surface area (Å²) in [6.45, 7) is 3.68. The summed E-state index contributed by atoms with van der Waals surface area (Å²) in [5, 5.41) is 2.65. The van der Waals surface area contributed by atoms with Gasteiger partial charge in [-0.15, -0.1) is 0 Å². The number of carbonyl (C=O) groups is 4. The van der Waals surface area contributed by atoms with Crippen molar-refractivity contribution in [3.05, 3.63) is 42.0 Å². The Balaban J connectivity index is 1.49. The molecule has 0 radical (unpaired) electrons. The summed E-state index contributed by atoms with van der Waals surface area (Å²) < 4.78 is 5.04. The Bertz CT molecular complexity index is 861. The lowest BCUT2D eigenvalue weighted by atomic mass is 9.93. The van der Waals surface area contributed by atoms with Gasteiger partial charge in [0, 0.05) is 13.1 Å². The van der Waals surface area contributed by atoms with Crippen molar-refractivity contribution in [3.8, 4) is 0 Å². The van der Waals surface area contributed by atoms with Crippen LogP contribution in [0.4, 0.5) is 4.79 Å². The molecule has 2 aliphatic rings. The van der Waals surface area contributed by atoms with E-state index in [2.05, 4.69) is 5.32 Å². The highest BCUT2D eigenvalue weighted by molar-refractivity contribution is 6.08. The van der Waals surface area contributed by atoms with E-state index in [0.29, 0.717) is 25.9 Å². The first kappa shape index (κ1) is 21.5. The summed E-state index contributed by atoms with van der Waals surface area (Å²) in [5.74, 6) is -1.52. The Kier molecular flexibility index (Phi) is 6.54. The van der Waals surface area contributed by atoms with Crippen LogP contribution in [0.2, 0.25) is 0 Å². The third-order valence-corrected chi connectivity index (χ3v) is 5.80. The minimum Gasteiger partial charge on any atom is -0.454 e. The van der Waals surface area contributed by atoms with Crippen molar-refractivity contribution in [3.63, 3.8) is 0 Å². The Morgan fingerprint density at radius 2 is 1.83 bits per heavy atom. The van der Waals surface area contributed by atoms with E-state index in [4.69, 9.17) is 4.74 Å². The lowest BCUT2D eigenvalue weighted by molar-refractivity contribution is -0.153. The fourth-order valence-electron chi connectivity index (χ4n) is 3.77. The van der Waals surface area contributed by atoms with Crippen LogP contribution in [-0.4, -0.2) is 65.4 Å². The van der Waals surface area contributed by atoms with E-state index in [1.54, 1.807) is 18.7 Å². The number of urea groups is 1. The van der Waals surface area contributed by atoms with Gasteiger partial charge in [0.25, 0.3) is 11.8 Å². The number of hydrogen-bond acceptors (Lipinski definition) is 5. The number of imide groups is 1. The highest BCUT2D eigenvalue weighted by Gasteiger charge is 2.49. The summed E-state index contributed by atoms with van der Waals surface area (Å²) in [5.41, 5.74) is 1.36. The van der Waals surface area contributed by atoms with E-state index in [-0.39, 0.29) is 5.91 Å².